The Hall–Kier alpha value is -7.62. The first-order valence-electron chi connectivity index (χ1n) is 19.4. The Morgan fingerprint density at radius 3 is 1.77 bits per heavy atom. The van der Waals surface area contributed by atoms with E-state index in [1.54, 1.807) is 0 Å². The van der Waals surface area contributed by atoms with Crippen LogP contribution in [0.2, 0.25) is 0 Å². The fraction of sp³-hybridized carbons (Fsp3) is 0. The first-order valence-corrected chi connectivity index (χ1v) is 19.4. The fourth-order valence-electron chi connectivity index (χ4n) is 8.92. The van der Waals surface area contributed by atoms with Gasteiger partial charge in [0.15, 0.2) is 0 Å². The summed E-state index contributed by atoms with van der Waals surface area (Å²) in [6, 6.07) is 71.6. The minimum Gasteiger partial charge on any atom is -0.456 e. The van der Waals surface area contributed by atoms with Gasteiger partial charge in [-0.1, -0.05) is 133 Å². The maximum atomic E-state index is 6.58. The van der Waals surface area contributed by atoms with Crippen molar-refractivity contribution in [2.45, 2.75) is 0 Å². The van der Waals surface area contributed by atoms with Gasteiger partial charge in [0, 0.05) is 27.5 Å². The SMILES string of the molecule is c1ccc2cc(-c3ccc(N(c4ccc5oc6cccc(-c7ccc8c(ccc9ccccc98)c7)c6c5c4)c4cccc5oc6ccccc6c45)cc3)ccc2c1. The molecule has 10 aromatic carbocycles. The Morgan fingerprint density at radius 1 is 0.298 bits per heavy atom. The van der Waals surface area contributed by atoms with Crippen molar-refractivity contribution >= 4 is 93.3 Å². The monoisotopic (exact) mass is 727 g/mol. The van der Waals surface area contributed by atoms with Gasteiger partial charge >= 0.3 is 0 Å². The molecule has 0 atom stereocenters. The summed E-state index contributed by atoms with van der Waals surface area (Å²) >= 11 is 0. The van der Waals surface area contributed by atoms with Crippen molar-refractivity contribution < 1.29 is 8.83 Å². The number of rotatable bonds is 5. The molecule has 12 aromatic rings. The highest BCUT2D eigenvalue weighted by Crippen LogP contribution is 2.46. The zero-order chi connectivity index (χ0) is 37.5. The van der Waals surface area contributed by atoms with E-state index in [1.807, 2.05) is 12.1 Å². The van der Waals surface area contributed by atoms with Crippen LogP contribution in [0.5, 0.6) is 0 Å². The van der Waals surface area contributed by atoms with Gasteiger partial charge < -0.3 is 13.7 Å². The Kier molecular flexibility index (Phi) is 6.93. The minimum atomic E-state index is 0.853. The van der Waals surface area contributed by atoms with Crippen LogP contribution >= 0.6 is 0 Å². The van der Waals surface area contributed by atoms with Crippen LogP contribution in [-0.4, -0.2) is 0 Å². The molecule has 0 unspecified atom stereocenters. The van der Waals surface area contributed by atoms with E-state index in [9.17, 15) is 0 Å². The number of hydrogen-bond donors (Lipinski definition) is 0. The second-order valence-electron chi connectivity index (χ2n) is 14.9. The molecule has 266 valence electrons. The third-order valence-electron chi connectivity index (χ3n) is 11.6. The van der Waals surface area contributed by atoms with E-state index in [-0.39, 0.29) is 0 Å². The van der Waals surface area contributed by atoms with Gasteiger partial charge in [-0.15, -0.1) is 0 Å². The van der Waals surface area contributed by atoms with E-state index < -0.39 is 0 Å². The van der Waals surface area contributed by atoms with E-state index in [1.165, 1.54) is 43.4 Å². The molecule has 0 fully saturated rings. The molecular weight excluding hydrogens is 695 g/mol. The second-order valence-corrected chi connectivity index (χ2v) is 14.9. The number of nitrogens with zero attached hydrogens (tertiary/aromatic N) is 1. The van der Waals surface area contributed by atoms with Gasteiger partial charge in [0.2, 0.25) is 0 Å². The predicted molar refractivity (Wildman–Crippen MR) is 239 cm³/mol. The molecule has 3 nitrogen and oxygen atoms in total. The molecule has 0 saturated carbocycles. The molecule has 3 heteroatoms. The largest absolute Gasteiger partial charge is 0.456 e. The average Bonchev–Trinajstić information content (AvgIpc) is 3.85. The van der Waals surface area contributed by atoms with Crippen LogP contribution in [0.25, 0.3) is 98.4 Å². The quantitative estimate of drug-likeness (QED) is 0.165. The van der Waals surface area contributed by atoms with Gasteiger partial charge in [-0.2, -0.15) is 0 Å². The van der Waals surface area contributed by atoms with Crippen molar-refractivity contribution in [2.75, 3.05) is 4.90 Å². The summed E-state index contributed by atoms with van der Waals surface area (Å²) < 4.78 is 13.0. The first-order chi connectivity index (χ1) is 28.2. The lowest BCUT2D eigenvalue weighted by molar-refractivity contribution is 0.668. The molecule has 0 N–H and O–H groups in total. The van der Waals surface area contributed by atoms with Crippen molar-refractivity contribution in [1.82, 2.24) is 0 Å². The van der Waals surface area contributed by atoms with E-state index in [2.05, 4.69) is 193 Å². The Morgan fingerprint density at radius 2 is 0.895 bits per heavy atom. The number of benzene rings is 10. The summed E-state index contributed by atoms with van der Waals surface area (Å²) in [4.78, 5) is 2.36. The molecule has 0 amide bonds. The van der Waals surface area contributed by atoms with Crippen LogP contribution in [-0.2, 0) is 0 Å². The second kappa shape index (κ2) is 12.5. The lowest BCUT2D eigenvalue weighted by atomic mass is 9.95. The van der Waals surface area contributed by atoms with Crippen LogP contribution in [0.1, 0.15) is 0 Å². The Bertz CT molecular complexity index is 3530. The number of anilines is 3. The molecule has 0 spiro atoms. The zero-order valence-electron chi connectivity index (χ0n) is 30.8. The fourth-order valence-corrected chi connectivity index (χ4v) is 8.92. The number of para-hydroxylation sites is 1. The van der Waals surface area contributed by atoms with Crippen molar-refractivity contribution in [3.63, 3.8) is 0 Å². The standard InChI is InChI=1S/C54H33NO2/c1-2-11-37-31-38(21-19-34(37)9-1)35-23-26-41(27-24-35)55(48-15-8-18-52-54(48)46-13-5-6-16-49(46)56-52)42-28-30-50-47(33-42)53-45(14-7-17-51(53)57-50)40-25-29-44-39(32-40)22-20-36-10-3-4-12-43(36)44/h1-33H. The summed E-state index contributed by atoms with van der Waals surface area (Å²) in [6.07, 6.45) is 0. The summed E-state index contributed by atoms with van der Waals surface area (Å²) in [6.45, 7) is 0. The van der Waals surface area contributed by atoms with Crippen molar-refractivity contribution in [1.29, 1.82) is 0 Å². The molecule has 12 rings (SSSR count). The van der Waals surface area contributed by atoms with E-state index in [0.717, 1.165) is 72.1 Å². The van der Waals surface area contributed by atoms with E-state index in [0.29, 0.717) is 0 Å². The van der Waals surface area contributed by atoms with Gasteiger partial charge in [0.25, 0.3) is 0 Å². The lowest BCUT2D eigenvalue weighted by Crippen LogP contribution is -2.10. The van der Waals surface area contributed by atoms with Crippen molar-refractivity contribution in [3.8, 4) is 22.3 Å². The van der Waals surface area contributed by atoms with E-state index in [4.69, 9.17) is 8.83 Å². The predicted octanol–water partition coefficient (Wildman–Crippen LogP) is 15.7. The van der Waals surface area contributed by atoms with Crippen LogP contribution in [0.15, 0.2) is 209 Å². The molecule has 0 aliphatic carbocycles. The molecular formula is C54H33NO2. The van der Waals surface area contributed by atoms with Gasteiger partial charge in [-0.25, -0.2) is 0 Å². The zero-order valence-corrected chi connectivity index (χ0v) is 30.8. The van der Waals surface area contributed by atoms with Crippen LogP contribution in [0.4, 0.5) is 17.1 Å². The third-order valence-corrected chi connectivity index (χ3v) is 11.6. The molecule has 0 radical (unpaired) electrons. The summed E-state index contributed by atoms with van der Waals surface area (Å²) in [7, 11) is 0. The molecule has 2 heterocycles. The number of furan rings is 2. The molecule has 2 aromatic heterocycles. The maximum absolute atomic E-state index is 6.58. The average molecular weight is 728 g/mol. The third kappa shape index (κ3) is 5.06. The molecule has 0 aliphatic rings. The van der Waals surface area contributed by atoms with Crippen LogP contribution in [0.3, 0.4) is 0 Å². The van der Waals surface area contributed by atoms with Crippen LogP contribution in [0, 0.1) is 0 Å². The van der Waals surface area contributed by atoms with Crippen LogP contribution < -0.4 is 4.90 Å². The summed E-state index contributed by atoms with van der Waals surface area (Å²) in [5.74, 6) is 0. The molecule has 0 aliphatic heterocycles. The molecule has 0 saturated heterocycles. The van der Waals surface area contributed by atoms with Gasteiger partial charge in [0.05, 0.1) is 11.1 Å². The van der Waals surface area contributed by atoms with Gasteiger partial charge in [0.1, 0.15) is 22.3 Å². The van der Waals surface area contributed by atoms with Gasteiger partial charge in [-0.3, -0.25) is 0 Å². The molecule has 0 bridgehead atoms. The number of hydrogen-bond acceptors (Lipinski definition) is 3. The number of fused-ring (bicyclic) bond motifs is 10. The topological polar surface area (TPSA) is 29.5 Å². The highest BCUT2D eigenvalue weighted by molar-refractivity contribution is 6.17. The summed E-state index contributed by atoms with van der Waals surface area (Å²) in [5.41, 5.74) is 11.2. The van der Waals surface area contributed by atoms with Crippen molar-refractivity contribution in [2.24, 2.45) is 0 Å². The Balaban J connectivity index is 1.05. The smallest absolute Gasteiger partial charge is 0.137 e. The molecule has 57 heavy (non-hydrogen) atoms. The minimum absolute atomic E-state index is 0.853. The normalized spacial score (nSPS) is 11.9. The highest BCUT2D eigenvalue weighted by Gasteiger charge is 2.22. The highest BCUT2D eigenvalue weighted by atomic mass is 16.3. The lowest BCUT2D eigenvalue weighted by Gasteiger charge is -2.26. The van der Waals surface area contributed by atoms with Crippen molar-refractivity contribution in [3.05, 3.63) is 200 Å². The van der Waals surface area contributed by atoms with Gasteiger partial charge in [-0.05, 0) is 121 Å². The summed E-state index contributed by atoms with van der Waals surface area (Å²) in [5, 5.41) is 11.8. The van der Waals surface area contributed by atoms with E-state index >= 15 is 0 Å². The maximum Gasteiger partial charge on any atom is 0.137 e. The Labute approximate surface area is 328 Å². The first kappa shape index (κ1) is 31.7.